The van der Waals surface area contributed by atoms with Gasteiger partial charge in [0.15, 0.2) is 0 Å². The van der Waals surface area contributed by atoms with Crippen molar-refractivity contribution in [3.05, 3.63) is 28.5 Å². The summed E-state index contributed by atoms with van der Waals surface area (Å²) >= 11 is 3.20. The SMILES string of the molecule is NCC1CCCCN1S(=O)(=O)Nc1cc(F)ccc1Br. The molecular weight excluding hydrogens is 349 g/mol. The van der Waals surface area contributed by atoms with Crippen LogP contribution in [0.3, 0.4) is 0 Å². The van der Waals surface area contributed by atoms with E-state index in [1.165, 1.54) is 16.4 Å². The van der Waals surface area contributed by atoms with Crippen LogP contribution in [0.5, 0.6) is 0 Å². The van der Waals surface area contributed by atoms with Crippen LogP contribution >= 0.6 is 15.9 Å². The van der Waals surface area contributed by atoms with Gasteiger partial charge in [-0.15, -0.1) is 0 Å². The lowest BCUT2D eigenvalue weighted by atomic mass is 10.1. The van der Waals surface area contributed by atoms with Crippen molar-refractivity contribution >= 4 is 31.8 Å². The number of benzene rings is 1. The van der Waals surface area contributed by atoms with Crippen LogP contribution < -0.4 is 10.5 Å². The van der Waals surface area contributed by atoms with Crippen molar-refractivity contribution in [2.24, 2.45) is 5.73 Å². The van der Waals surface area contributed by atoms with Gasteiger partial charge in [0, 0.05) is 23.6 Å². The van der Waals surface area contributed by atoms with Crippen LogP contribution in [0.2, 0.25) is 0 Å². The fraction of sp³-hybridized carbons (Fsp3) is 0.500. The van der Waals surface area contributed by atoms with Gasteiger partial charge in [-0.1, -0.05) is 6.42 Å². The van der Waals surface area contributed by atoms with Gasteiger partial charge >= 0.3 is 10.2 Å². The third-order valence-electron chi connectivity index (χ3n) is 3.32. The predicted molar refractivity (Wildman–Crippen MR) is 80.0 cm³/mol. The van der Waals surface area contributed by atoms with Gasteiger partial charge in [-0.05, 0) is 47.0 Å². The highest BCUT2D eigenvalue weighted by Crippen LogP contribution is 2.27. The minimum Gasteiger partial charge on any atom is -0.329 e. The number of hydrogen-bond donors (Lipinski definition) is 2. The molecule has 1 atom stereocenters. The number of nitrogens with one attached hydrogen (secondary N) is 1. The molecule has 2 rings (SSSR count). The molecule has 1 aliphatic rings. The molecule has 0 saturated carbocycles. The normalized spacial score (nSPS) is 20.9. The van der Waals surface area contributed by atoms with Crippen LogP contribution in [-0.4, -0.2) is 31.9 Å². The third-order valence-corrected chi connectivity index (χ3v) is 5.59. The number of halogens is 2. The Morgan fingerprint density at radius 2 is 2.20 bits per heavy atom. The molecule has 1 aliphatic heterocycles. The lowest BCUT2D eigenvalue weighted by molar-refractivity contribution is 0.259. The Bertz CT molecular complexity index is 582. The van der Waals surface area contributed by atoms with E-state index in [0.717, 1.165) is 25.3 Å². The molecule has 1 fully saturated rings. The van der Waals surface area contributed by atoms with Crippen LogP contribution in [-0.2, 0) is 10.2 Å². The minimum absolute atomic E-state index is 0.186. The summed E-state index contributed by atoms with van der Waals surface area (Å²) in [4.78, 5) is 0. The van der Waals surface area contributed by atoms with Crippen molar-refractivity contribution in [1.29, 1.82) is 0 Å². The van der Waals surface area contributed by atoms with E-state index < -0.39 is 16.0 Å². The molecule has 1 unspecified atom stereocenters. The van der Waals surface area contributed by atoms with E-state index in [9.17, 15) is 12.8 Å². The molecule has 0 aromatic heterocycles. The zero-order valence-corrected chi connectivity index (χ0v) is 13.3. The van der Waals surface area contributed by atoms with E-state index in [1.807, 2.05) is 0 Å². The van der Waals surface area contributed by atoms with E-state index >= 15 is 0 Å². The topological polar surface area (TPSA) is 75.4 Å². The fourth-order valence-electron chi connectivity index (χ4n) is 2.30. The highest BCUT2D eigenvalue weighted by atomic mass is 79.9. The van der Waals surface area contributed by atoms with Gasteiger partial charge in [-0.2, -0.15) is 12.7 Å². The quantitative estimate of drug-likeness (QED) is 0.857. The Balaban J connectivity index is 2.24. The molecule has 1 aromatic rings. The van der Waals surface area contributed by atoms with Gasteiger partial charge in [0.2, 0.25) is 0 Å². The zero-order valence-electron chi connectivity index (χ0n) is 10.9. The summed E-state index contributed by atoms with van der Waals surface area (Å²) in [6.45, 7) is 0.718. The average Bonchev–Trinajstić information content (AvgIpc) is 2.42. The van der Waals surface area contributed by atoms with Crippen molar-refractivity contribution in [3.63, 3.8) is 0 Å². The first kappa shape index (κ1) is 15.7. The summed E-state index contributed by atoms with van der Waals surface area (Å²) in [5.41, 5.74) is 5.82. The largest absolute Gasteiger partial charge is 0.329 e. The van der Waals surface area contributed by atoms with E-state index in [2.05, 4.69) is 20.7 Å². The number of hydrogen-bond acceptors (Lipinski definition) is 3. The number of piperidine rings is 1. The number of rotatable bonds is 4. The van der Waals surface area contributed by atoms with Gasteiger partial charge in [0.1, 0.15) is 5.82 Å². The lowest BCUT2D eigenvalue weighted by Gasteiger charge is -2.33. The van der Waals surface area contributed by atoms with Crippen molar-refractivity contribution < 1.29 is 12.8 Å². The second-order valence-corrected chi connectivity index (χ2v) is 7.20. The first-order chi connectivity index (χ1) is 9.44. The molecule has 3 N–H and O–H groups in total. The average molecular weight is 366 g/mol. The maximum atomic E-state index is 13.2. The van der Waals surface area contributed by atoms with E-state index in [-0.39, 0.29) is 18.3 Å². The smallest absolute Gasteiger partial charge is 0.301 e. The van der Waals surface area contributed by atoms with Gasteiger partial charge in [0.05, 0.1) is 5.69 Å². The molecule has 8 heteroatoms. The molecule has 0 amide bonds. The van der Waals surface area contributed by atoms with Crippen molar-refractivity contribution in [2.45, 2.75) is 25.3 Å². The minimum atomic E-state index is -3.73. The Labute approximate surface area is 126 Å². The van der Waals surface area contributed by atoms with Crippen molar-refractivity contribution in [1.82, 2.24) is 4.31 Å². The molecule has 1 heterocycles. The highest BCUT2D eigenvalue weighted by molar-refractivity contribution is 9.10. The summed E-state index contributed by atoms with van der Waals surface area (Å²) < 4.78 is 42.3. The second-order valence-electron chi connectivity index (χ2n) is 4.73. The molecule has 0 aliphatic carbocycles. The van der Waals surface area contributed by atoms with Gasteiger partial charge in [0.25, 0.3) is 0 Å². The van der Waals surface area contributed by atoms with E-state index in [1.54, 1.807) is 0 Å². The standard InChI is InChI=1S/C12H17BrFN3O2S/c13-11-5-4-9(14)7-12(11)16-20(18,19)17-6-2-1-3-10(17)8-15/h4-5,7,10,16H,1-3,6,8,15H2. The van der Waals surface area contributed by atoms with Crippen LogP contribution in [0.25, 0.3) is 0 Å². The van der Waals surface area contributed by atoms with Gasteiger partial charge < -0.3 is 5.73 Å². The van der Waals surface area contributed by atoms with Crippen LogP contribution in [0, 0.1) is 5.82 Å². The Hall–Kier alpha value is -0.700. The highest BCUT2D eigenvalue weighted by Gasteiger charge is 2.31. The van der Waals surface area contributed by atoms with Crippen LogP contribution in [0.1, 0.15) is 19.3 Å². The Kier molecular flexibility index (Phi) is 5.00. The van der Waals surface area contributed by atoms with Crippen LogP contribution in [0.4, 0.5) is 10.1 Å². The molecule has 0 spiro atoms. The fourth-order valence-corrected chi connectivity index (χ4v) is 4.29. The predicted octanol–water partition coefficient (Wildman–Crippen LogP) is 2.06. The van der Waals surface area contributed by atoms with Crippen molar-refractivity contribution in [3.8, 4) is 0 Å². The molecule has 0 bridgehead atoms. The van der Waals surface area contributed by atoms with E-state index in [4.69, 9.17) is 5.73 Å². The number of nitrogens with two attached hydrogens (primary N) is 1. The monoisotopic (exact) mass is 365 g/mol. The summed E-state index contributed by atoms with van der Waals surface area (Å²) in [7, 11) is -3.73. The summed E-state index contributed by atoms with van der Waals surface area (Å²) in [6, 6.07) is 3.66. The molecule has 20 heavy (non-hydrogen) atoms. The summed E-state index contributed by atoms with van der Waals surface area (Å²) in [5.74, 6) is -0.500. The van der Waals surface area contributed by atoms with Crippen molar-refractivity contribution in [2.75, 3.05) is 17.8 Å². The molecule has 5 nitrogen and oxygen atoms in total. The zero-order chi connectivity index (χ0) is 14.8. The molecule has 0 radical (unpaired) electrons. The maximum absolute atomic E-state index is 13.2. The molecular formula is C12H17BrFN3O2S. The lowest BCUT2D eigenvalue weighted by Crippen LogP contribution is -2.49. The molecule has 1 saturated heterocycles. The first-order valence-corrected chi connectivity index (χ1v) is 8.62. The summed E-state index contributed by atoms with van der Waals surface area (Å²) in [6.07, 6.45) is 2.53. The van der Waals surface area contributed by atoms with Crippen LogP contribution in [0.15, 0.2) is 22.7 Å². The Morgan fingerprint density at radius 3 is 2.90 bits per heavy atom. The Morgan fingerprint density at radius 1 is 1.45 bits per heavy atom. The number of anilines is 1. The number of nitrogens with zero attached hydrogens (tertiary/aromatic N) is 1. The maximum Gasteiger partial charge on any atom is 0.301 e. The van der Waals surface area contributed by atoms with Gasteiger partial charge in [-0.25, -0.2) is 4.39 Å². The molecule has 1 aromatic carbocycles. The third kappa shape index (κ3) is 3.49. The molecule has 112 valence electrons. The first-order valence-electron chi connectivity index (χ1n) is 6.39. The summed E-state index contributed by atoms with van der Waals surface area (Å²) in [5, 5.41) is 0. The second kappa shape index (κ2) is 6.38. The van der Waals surface area contributed by atoms with Gasteiger partial charge in [-0.3, -0.25) is 4.72 Å². The van der Waals surface area contributed by atoms with E-state index in [0.29, 0.717) is 11.0 Å².